The van der Waals surface area contributed by atoms with Crippen molar-refractivity contribution < 1.29 is 19.1 Å². The topological polar surface area (TPSA) is 59.1 Å². The van der Waals surface area contributed by atoms with Gasteiger partial charge in [0.1, 0.15) is 12.3 Å². The Hall–Kier alpha value is -3.16. The average Bonchev–Trinajstić information content (AvgIpc) is 3.39. The summed E-state index contributed by atoms with van der Waals surface area (Å²) in [6, 6.07) is 19.2. The van der Waals surface area contributed by atoms with Gasteiger partial charge in [-0.2, -0.15) is 0 Å². The van der Waals surface area contributed by atoms with Crippen molar-refractivity contribution in [1.29, 1.82) is 0 Å². The first-order chi connectivity index (χ1) is 17.1. The van der Waals surface area contributed by atoms with Gasteiger partial charge in [-0.15, -0.1) is 11.3 Å². The third-order valence-corrected chi connectivity index (χ3v) is 7.25. The molecule has 0 bridgehead atoms. The first kappa shape index (κ1) is 24.9. The molecule has 0 radical (unpaired) electrons. The molecule has 184 valence electrons. The van der Waals surface area contributed by atoms with E-state index in [9.17, 15) is 9.59 Å². The highest BCUT2D eigenvalue weighted by Crippen LogP contribution is 2.37. The lowest BCUT2D eigenvalue weighted by Crippen LogP contribution is -2.47. The second kappa shape index (κ2) is 12.0. The number of hydrogen-bond donors (Lipinski definition) is 0. The molecule has 35 heavy (non-hydrogen) atoms. The van der Waals surface area contributed by atoms with E-state index in [1.165, 1.54) is 10.4 Å². The van der Waals surface area contributed by atoms with Gasteiger partial charge in [0.05, 0.1) is 13.2 Å². The Labute approximate surface area is 211 Å². The standard InChI is InChI=1S/C28H32N2O4S/c1-3-34-17-8-15-29(28(32)22-11-7-12-23(19-22)33-2)20-26(31)30-16-13-25-24(14-18-35-25)27(30)21-9-5-4-6-10-21/h4-7,9-12,14,18-19,27H,3,8,13,15-17,20H2,1-2H3. The van der Waals surface area contributed by atoms with Crippen molar-refractivity contribution in [2.45, 2.75) is 25.8 Å². The zero-order chi connectivity index (χ0) is 24.6. The quantitative estimate of drug-likeness (QED) is 0.382. The first-order valence-electron chi connectivity index (χ1n) is 12.0. The molecule has 0 saturated carbocycles. The predicted octanol–water partition coefficient (Wildman–Crippen LogP) is 4.80. The number of rotatable bonds is 10. The van der Waals surface area contributed by atoms with Crippen molar-refractivity contribution in [2.24, 2.45) is 0 Å². The van der Waals surface area contributed by atoms with E-state index in [-0.39, 0.29) is 24.4 Å². The first-order valence-corrected chi connectivity index (χ1v) is 12.9. The van der Waals surface area contributed by atoms with Crippen LogP contribution in [0.2, 0.25) is 0 Å². The molecule has 2 aromatic carbocycles. The number of ether oxygens (including phenoxy) is 2. The van der Waals surface area contributed by atoms with E-state index in [2.05, 4.69) is 23.6 Å². The Morgan fingerprint density at radius 3 is 2.71 bits per heavy atom. The molecular formula is C28H32N2O4S. The van der Waals surface area contributed by atoms with Crippen LogP contribution in [0.4, 0.5) is 0 Å². The Balaban J connectivity index is 1.57. The predicted molar refractivity (Wildman–Crippen MR) is 138 cm³/mol. The van der Waals surface area contributed by atoms with Crippen molar-refractivity contribution >= 4 is 23.2 Å². The maximum atomic E-state index is 13.8. The summed E-state index contributed by atoms with van der Waals surface area (Å²) in [6.07, 6.45) is 1.49. The fourth-order valence-corrected chi connectivity index (χ4v) is 5.43. The van der Waals surface area contributed by atoms with Gasteiger partial charge in [0.25, 0.3) is 5.91 Å². The van der Waals surface area contributed by atoms with Crippen molar-refractivity contribution in [3.8, 4) is 5.75 Å². The smallest absolute Gasteiger partial charge is 0.254 e. The highest BCUT2D eigenvalue weighted by Gasteiger charge is 2.34. The monoisotopic (exact) mass is 492 g/mol. The molecule has 4 rings (SSSR count). The van der Waals surface area contributed by atoms with E-state index in [1.807, 2.05) is 30.0 Å². The summed E-state index contributed by atoms with van der Waals surface area (Å²) in [7, 11) is 1.58. The summed E-state index contributed by atoms with van der Waals surface area (Å²) >= 11 is 1.74. The van der Waals surface area contributed by atoms with Crippen LogP contribution < -0.4 is 4.74 Å². The Kier molecular flexibility index (Phi) is 8.55. The molecule has 1 aliphatic heterocycles. The average molecular weight is 493 g/mol. The summed E-state index contributed by atoms with van der Waals surface area (Å²) in [5.41, 5.74) is 2.77. The number of amides is 2. The highest BCUT2D eigenvalue weighted by atomic mass is 32.1. The van der Waals surface area contributed by atoms with Gasteiger partial charge in [-0.05, 0) is 60.5 Å². The lowest BCUT2D eigenvalue weighted by atomic mass is 9.93. The minimum Gasteiger partial charge on any atom is -0.497 e. The van der Waals surface area contributed by atoms with Crippen LogP contribution in [-0.4, -0.2) is 61.6 Å². The van der Waals surface area contributed by atoms with Crippen LogP contribution in [0.5, 0.6) is 5.75 Å². The van der Waals surface area contributed by atoms with E-state index < -0.39 is 0 Å². The van der Waals surface area contributed by atoms with Gasteiger partial charge in [-0.25, -0.2) is 0 Å². The van der Waals surface area contributed by atoms with Gasteiger partial charge in [0, 0.05) is 36.7 Å². The molecule has 1 aromatic heterocycles. The largest absolute Gasteiger partial charge is 0.497 e. The highest BCUT2D eigenvalue weighted by molar-refractivity contribution is 7.10. The molecule has 2 amide bonds. The number of carbonyl (C=O) groups is 2. The molecule has 2 heterocycles. The van der Waals surface area contributed by atoms with Gasteiger partial charge in [0.2, 0.25) is 5.91 Å². The van der Waals surface area contributed by atoms with Gasteiger partial charge >= 0.3 is 0 Å². The maximum Gasteiger partial charge on any atom is 0.254 e. The minimum atomic E-state index is -0.182. The van der Waals surface area contributed by atoms with Crippen molar-refractivity contribution in [3.05, 3.63) is 87.6 Å². The SMILES string of the molecule is CCOCCCN(CC(=O)N1CCc2sccc2C1c1ccccc1)C(=O)c1cccc(OC)c1. The Morgan fingerprint density at radius 1 is 1.11 bits per heavy atom. The zero-order valence-electron chi connectivity index (χ0n) is 20.3. The van der Waals surface area contributed by atoms with Gasteiger partial charge in [-0.1, -0.05) is 36.4 Å². The third-order valence-electron chi connectivity index (χ3n) is 6.25. The summed E-state index contributed by atoms with van der Waals surface area (Å²) in [4.78, 5) is 32.1. The minimum absolute atomic E-state index is 0.0188. The second-order valence-corrected chi connectivity index (χ2v) is 9.46. The van der Waals surface area contributed by atoms with Crippen molar-refractivity contribution in [2.75, 3.05) is 40.0 Å². The van der Waals surface area contributed by atoms with Crippen LogP contribution >= 0.6 is 11.3 Å². The van der Waals surface area contributed by atoms with Crippen LogP contribution in [0.25, 0.3) is 0 Å². The molecule has 1 aliphatic rings. The lowest BCUT2D eigenvalue weighted by molar-refractivity contribution is -0.134. The summed E-state index contributed by atoms with van der Waals surface area (Å²) < 4.78 is 10.8. The molecule has 6 nitrogen and oxygen atoms in total. The number of methoxy groups -OCH3 is 1. The number of benzene rings is 2. The molecule has 0 N–H and O–H groups in total. The van der Waals surface area contributed by atoms with E-state index in [0.717, 1.165) is 12.0 Å². The van der Waals surface area contributed by atoms with E-state index in [0.29, 0.717) is 44.0 Å². The summed E-state index contributed by atoms with van der Waals surface area (Å²) in [5, 5.41) is 2.10. The summed E-state index contributed by atoms with van der Waals surface area (Å²) in [5.74, 6) is 0.378. The maximum absolute atomic E-state index is 13.8. The van der Waals surface area contributed by atoms with Gasteiger partial charge in [-0.3, -0.25) is 9.59 Å². The molecule has 0 fully saturated rings. The van der Waals surface area contributed by atoms with Gasteiger partial charge < -0.3 is 19.3 Å². The number of fused-ring (bicyclic) bond motifs is 1. The molecule has 7 heteroatoms. The fraction of sp³-hybridized carbons (Fsp3) is 0.357. The molecule has 1 atom stereocenters. The van der Waals surface area contributed by atoms with Crippen LogP contribution in [0, 0.1) is 0 Å². The lowest BCUT2D eigenvalue weighted by Gasteiger charge is -2.37. The second-order valence-electron chi connectivity index (χ2n) is 8.46. The molecule has 1 unspecified atom stereocenters. The van der Waals surface area contributed by atoms with Crippen molar-refractivity contribution in [3.63, 3.8) is 0 Å². The van der Waals surface area contributed by atoms with Crippen LogP contribution in [0.1, 0.15) is 45.7 Å². The van der Waals surface area contributed by atoms with E-state index >= 15 is 0 Å². The number of hydrogen-bond acceptors (Lipinski definition) is 5. The fourth-order valence-electron chi connectivity index (χ4n) is 4.53. The molecule has 0 aliphatic carbocycles. The molecule has 3 aromatic rings. The Bertz CT molecular complexity index is 1130. The number of nitrogens with zero attached hydrogens (tertiary/aromatic N) is 2. The number of thiophene rings is 1. The molecule has 0 spiro atoms. The summed E-state index contributed by atoms with van der Waals surface area (Å²) in [6.45, 7) is 4.20. The normalized spacial score (nSPS) is 14.9. The third kappa shape index (κ3) is 5.92. The van der Waals surface area contributed by atoms with Crippen molar-refractivity contribution in [1.82, 2.24) is 9.80 Å². The van der Waals surface area contributed by atoms with E-state index in [4.69, 9.17) is 9.47 Å². The molecule has 0 saturated heterocycles. The van der Waals surface area contributed by atoms with Crippen LogP contribution in [0.15, 0.2) is 66.0 Å². The van der Waals surface area contributed by atoms with Gasteiger partial charge in [0.15, 0.2) is 0 Å². The van der Waals surface area contributed by atoms with Crippen LogP contribution in [0.3, 0.4) is 0 Å². The zero-order valence-corrected chi connectivity index (χ0v) is 21.1. The number of carbonyl (C=O) groups excluding carboxylic acids is 2. The molecular weight excluding hydrogens is 460 g/mol. The van der Waals surface area contributed by atoms with Crippen LogP contribution in [-0.2, 0) is 16.0 Å². The Morgan fingerprint density at radius 2 is 1.94 bits per heavy atom. The van der Waals surface area contributed by atoms with E-state index in [1.54, 1.807) is 47.6 Å².